The van der Waals surface area contributed by atoms with Gasteiger partial charge in [-0.2, -0.15) is 13.2 Å². The molecular weight excluding hydrogens is 235 g/mol. The fourth-order valence-corrected chi connectivity index (χ4v) is 1.23. The van der Waals surface area contributed by atoms with Gasteiger partial charge in [-0.15, -0.1) is 0 Å². The van der Waals surface area contributed by atoms with E-state index in [1.54, 1.807) is 0 Å². The number of carbonyl (C=O) groups is 1. The first kappa shape index (κ1) is 13.5. The van der Waals surface area contributed by atoms with Crippen LogP contribution in [0.1, 0.15) is 15.9 Å². The minimum atomic E-state index is -4.36. The molecule has 0 unspecified atom stereocenters. The van der Waals surface area contributed by atoms with Crippen LogP contribution in [-0.2, 0) is 11.3 Å². The summed E-state index contributed by atoms with van der Waals surface area (Å²) in [5.41, 5.74) is 0.781. The van der Waals surface area contributed by atoms with E-state index in [0.29, 0.717) is 11.1 Å². The maximum absolute atomic E-state index is 12.2. The number of methoxy groups -OCH3 is 1. The lowest BCUT2D eigenvalue weighted by Crippen LogP contribution is -2.33. The van der Waals surface area contributed by atoms with Gasteiger partial charge in [0.25, 0.3) is 0 Å². The summed E-state index contributed by atoms with van der Waals surface area (Å²) >= 11 is 0. The second kappa shape index (κ2) is 5.18. The lowest BCUT2D eigenvalue weighted by Gasteiger charge is -2.19. The van der Waals surface area contributed by atoms with E-state index >= 15 is 0 Å². The van der Waals surface area contributed by atoms with E-state index in [9.17, 15) is 18.0 Å². The van der Waals surface area contributed by atoms with Crippen molar-refractivity contribution in [2.75, 3.05) is 14.2 Å². The Kier molecular flexibility index (Phi) is 4.11. The molecule has 0 heterocycles. The minimum Gasteiger partial charge on any atom is -0.465 e. The van der Waals surface area contributed by atoms with E-state index in [4.69, 9.17) is 0 Å². The third kappa shape index (κ3) is 3.74. The van der Waals surface area contributed by atoms with Gasteiger partial charge in [-0.1, -0.05) is 12.1 Å². The Labute approximate surface area is 96.8 Å². The average Bonchev–Trinajstić information content (AvgIpc) is 2.27. The molecule has 1 aromatic carbocycles. The van der Waals surface area contributed by atoms with Crippen LogP contribution >= 0.6 is 0 Å². The van der Waals surface area contributed by atoms with Gasteiger partial charge in [0, 0.05) is 6.54 Å². The summed E-state index contributed by atoms with van der Waals surface area (Å²) in [6, 6.07) is 5.81. The molecule has 0 bridgehead atoms. The fraction of sp³-hybridized carbons (Fsp3) is 0.364. The molecule has 1 aromatic rings. The normalized spacial score (nSPS) is 11.6. The number of alkyl halides is 3. The number of halogens is 3. The molecule has 0 aliphatic carbocycles. The highest BCUT2D eigenvalue weighted by molar-refractivity contribution is 5.89. The van der Waals surface area contributed by atoms with E-state index in [0.717, 1.165) is 7.05 Å². The molecule has 0 aromatic heterocycles. The fourth-order valence-electron chi connectivity index (χ4n) is 1.23. The Bertz CT molecular complexity index is 387. The Balaban J connectivity index is 2.72. The summed E-state index contributed by atoms with van der Waals surface area (Å²) in [6.07, 6.45) is -4.36. The van der Waals surface area contributed by atoms with Crippen molar-refractivity contribution in [1.82, 2.24) is 4.90 Å². The Hall–Kier alpha value is -1.56. The molecule has 0 spiro atoms. The summed E-state index contributed by atoms with van der Waals surface area (Å²) in [5.74, 6) is -0.513. The summed E-state index contributed by atoms with van der Waals surface area (Å²) in [5, 5.41) is 0. The van der Waals surface area contributed by atoms with Crippen molar-refractivity contribution in [1.29, 1.82) is 0 Å². The molecule has 94 valence electrons. The molecule has 6 heteroatoms. The van der Waals surface area contributed by atoms with Crippen molar-refractivity contribution in [3.05, 3.63) is 35.4 Å². The lowest BCUT2D eigenvalue weighted by molar-refractivity contribution is -0.240. The third-order valence-corrected chi connectivity index (χ3v) is 2.23. The molecule has 0 fully saturated rings. The Morgan fingerprint density at radius 2 is 1.82 bits per heavy atom. The van der Waals surface area contributed by atoms with Crippen molar-refractivity contribution >= 4 is 5.97 Å². The van der Waals surface area contributed by atoms with Crippen LogP contribution in [0.2, 0.25) is 0 Å². The number of benzene rings is 1. The number of carbonyl (C=O) groups excluding carboxylic acids is 1. The van der Waals surface area contributed by atoms with E-state index in [-0.39, 0.29) is 11.4 Å². The van der Waals surface area contributed by atoms with Crippen LogP contribution in [0.5, 0.6) is 0 Å². The molecule has 0 saturated carbocycles. The zero-order valence-corrected chi connectivity index (χ0v) is 9.41. The van der Waals surface area contributed by atoms with Crippen molar-refractivity contribution < 1.29 is 22.7 Å². The molecule has 1 rings (SSSR count). The molecule has 3 nitrogen and oxygen atoms in total. The molecule has 0 atom stereocenters. The quantitative estimate of drug-likeness (QED) is 0.607. The Morgan fingerprint density at radius 3 is 2.24 bits per heavy atom. The van der Waals surface area contributed by atoms with Crippen molar-refractivity contribution in [2.24, 2.45) is 0 Å². The molecule has 0 radical (unpaired) electrons. The summed E-state index contributed by atoms with van der Waals surface area (Å²) in [7, 11) is 2.21. The summed E-state index contributed by atoms with van der Waals surface area (Å²) in [4.78, 5) is 11.4. The molecule has 0 aliphatic heterocycles. The number of nitrogens with zero attached hydrogens (tertiary/aromatic N) is 1. The maximum atomic E-state index is 12.2. The van der Waals surface area contributed by atoms with Crippen LogP contribution in [-0.4, -0.2) is 31.3 Å². The zero-order valence-electron chi connectivity index (χ0n) is 9.41. The molecular formula is C11H12F3NO2. The highest BCUT2D eigenvalue weighted by Crippen LogP contribution is 2.21. The summed E-state index contributed by atoms with van der Waals surface area (Å²) in [6.45, 7) is -0.259. The van der Waals surface area contributed by atoms with Gasteiger partial charge < -0.3 is 4.74 Å². The number of ether oxygens (including phenoxy) is 1. The van der Waals surface area contributed by atoms with Gasteiger partial charge in [0.2, 0.25) is 0 Å². The van der Waals surface area contributed by atoms with Crippen molar-refractivity contribution in [3.63, 3.8) is 0 Å². The highest BCUT2D eigenvalue weighted by Gasteiger charge is 2.33. The summed E-state index contributed by atoms with van der Waals surface area (Å²) < 4.78 is 41.2. The largest absolute Gasteiger partial charge is 0.465 e. The lowest BCUT2D eigenvalue weighted by atomic mass is 10.1. The van der Waals surface area contributed by atoms with Crippen LogP contribution < -0.4 is 0 Å². The predicted molar refractivity (Wildman–Crippen MR) is 55.3 cm³/mol. The monoisotopic (exact) mass is 247 g/mol. The van der Waals surface area contributed by atoms with Gasteiger partial charge in [-0.3, -0.25) is 0 Å². The van der Waals surface area contributed by atoms with Crippen LogP contribution in [0.3, 0.4) is 0 Å². The van der Waals surface area contributed by atoms with Crippen LogP contribution in [0.15, 0.2) is 24.3 Å². The van der Waals surface area contributed by atoms with Crippen LogP contribution in [0.4, 0.5) is 13.2 Å². The smallest absolute Gasteiger partial charge is 0.459 e. The van der Waals surface area contributed by atoms with Gasteiger partial charge >= 0.3 is 12.3 Å². The van der Waals surface area contributed by atoms with Gasteiger partial charge in [-0.05, 0) is 24.7 Å². The minimum absolute atomic E-state index is 0.259. The number of rotatable bonds is 3. The standard InChI is InChI=1S/C11H12F3NO2/c1-15(11(12,13)14)7-8-3-5-9(6-4-8)10(16)17-2/h3-6H,7H2,1-2H3. The molecule has 0 saturated heterocycles. The molecule has 0 amide bonds. The number of hydrogen-bond donors (Lipinski definition) is 0. The van der Waals surface area contributed by atoms with Crippen molar-refractivity contribution in [3.8, 4) is 0 Å². The van der Waals surface area contributed by atoms with Gasteiger partial charge in [0.1, 0.15) is 0 Å². The molecule has 0 aliphatic rings. The Morgan fingerprint density at radius 1 is 1.29 bits per heavy atom. The average molecular weight is 247 g/mol. The predicted octanol–water partition coefficient (Wildman–Crippen LogP) is 2.42. The van der Waals surface area contributed by atoms with E-state index in [1.165, 1.54) is 31.4 Å². The SMILES string of the molecule is COC(=O)c1ccc(CN(C)C(F)(F)F)cc1. The maximum Gasteiger partial charge on any atom is 0.459 e. The number of hydrogen-bond acceptors (Lipinski definition) is 3. The highest BCUT2D eigenvalue weighted by atomic mass is 19.4. The van der Waals surface area contributed by atoms with Gasteiger partial charge in [-0.25, -0.2) is 9.69 Å². The first-order chi connectivity index (χ1) is 7.84. The number of esters is 1. The van der Waals surface area contributed by atoms with Crippen molar-refractivity contribution in [2.45, 2.75) is 12.8 Å². The van der Waals surface area contributed by atoms with E-state index < -0.39 is 12.3 Å². The topological polar surface area (TPSA) is 29.5 Å². The third-order valence-electron chi connectivity index (χ3n) is 2.23. The first-order valence-corrected chi connectivity index (χ1v) is 4.80. The molecule has 17 heavy (non-hydrogen) atoms. The van der Waals surface area contributed by atoms with Crippen LogP contribution in [0.25, 0.3) is 0 Å². The second-order valence-corrected chi connectivity index (χ2v) is 3.51. The molecule has 0 N–H and O–H groups in total. The van der Waals surface area contributed by atoms with Gasteiger partial charge in [0.05, 0.1) is 12.7 Å². The zero-order chi connectivity index (χ0) is 13.1. The van der Waals surface area contributed by atoms with Gasteiger partial charge in [0.15, 0.2) is 0 Å². The second-order valence-electron chi connectivity index (χ2n) is 3.51. The van der Waals surface area contributed by atoms with Crippen LogP contribution in [0, 0.1) is 0 Å². The van der Waals surface area contributed by atoms with E-state index in [1.807, 2.05) is 0 Å². The van der Waals surface area contributed by atoms with E-state index in [2.05, 4.69) is 4.74 Å². The first-order valence-electron chi connectivity index (χ1n) is 4.80.